The predicted octanol–water partition coefficient (Wildman–Crippen LogP) is 1.52. The molecule has 4 amide bonds. The highest BCUT2D eigenvalue weighted by Crippen LogP contribution is 2.36. The predicted molar refractivity (Wildman–Crippen MR) is 164 cm³/mol. The molecule has 0 aliphatic carbocycles. The standard InChI is InChI=1S/C33H46N4O8/c1-18(2)15-24(36-31(43)27(33(3,4)5)37-29(41)22-17-45-32-21(22)12-14-44-32)30(42)35-23(16-20-11-13-34-28(20)40)26(39)25(38)19-9-7-6-8-10-19/h6-10,18,20-24,27,32H,11-17H2,1-5H3,(H,34,40)(H,35,42)(H,36,43)(H,37,41)/t20?,21?,22?,23?,24-,27+,32?/m0/s1. The first-order chi connectivity index (χ1) is 21.3. The molecular weight excluding hydrogens is 580 g/mol. The van der Waals surface area contributed by atoms with E-state index < -0.39 is 65.0 Å². The first kappa shape index (κ1) is 34.2. The number of carbonyl (C=O) groups excluding carboxylic acids is 6. The number of rotatable bonds is 13. The minimum Gasteiger partial charge on any atom is -0.356 e. The summed E-state index contributed by atoms with van der Waals surface area (Å²) in [5.74, 6) is -4.47. The molecule has 12 heteroatoms. The lowest BCUT2D eigenvalue weighted by molar-refractivity contribution is -0.136. The van der Waals surface area contributed by atoms with Crippen molar-refractivity contribution in [3.63, 3.8) is 0 Å². The molecule has 12 nitrogen and oxygen atoms in total. The number of hydrogen-bond acceptors (Lipinski definition) is 8. The molecule has 0 aromatic heterocycles. The van der Waals surface area contributed by atoms with Crippen LogP contribution in [-0.4, -0.2) is 79.4 Å². The van der Waals surface area contributed by atoms with Crippen LogP contribution in [0.5, 0.6) is 0 Å². The average Bonchev–Trinajstić information content (AvgIpc) is 3.72. The van der Waals surface area contributed by atoms with Crippen molar-refractivity contribution in [2.24, 2.45) is 29.1 Å². The number of carbonyl (C=O) groups is 6. The summed E-state index contributed by atoms with van der Waals surface area (Å²) in [6, 6.07) is 4.70. The van der Waals surface area contributed by atoms with E-state index in [9.17, 15) is 28.8 Å². The minimum absolute atomic E-state index is 0.0284. The van der Waals surface area contributed by atoms with E-state index in [1.54, 1.807) is 18.2 Å². The molecule has 4 N–H and O–H groups in total. The third kappa shape index (κ3) is 8.55. The smallest absolute Gasteiger partial charge is 0.243 e. The first-order valence-corrected chi connectivity index (χ1v) is 15.8. The summed E-state index contributed by atoms with van der Waals surface area (Å²) < 4.78 is 11.2. The number of nitrogens with one attached hydrogen (secondary N) is 4. The van der Waals surface area contributed by atoms with E-state index in [1.807, 2.05) is 34.6 Å². The van der Waals surface area contributed by atoms with E-state index >= 15 is 0 Å². The van der Waals surface area contributed by atoms with Crippen LogP contribution < -0.4 is 21.3 Å². The Kier molecular flexibility index (Phi) is 11.1. The van der Waals surface area contributed by atoms with Crippen molar-refractivity contribution >= 4 is 35.2 Å². The van der Waals surface area contributed by atoms with Gasteiger partial charge >= 0.3 is 0 Å². The van der Waals surface area contributed by atoms with Crippen LogP contribution >= 0.6 is 0 Å². The van der Waals surface area contributed by atoms with Gasteiger partial charge in [-0.1, -0.05) is 65.0 Å². The zero-order valence-corrected chi connectivity index (χ0v) is 26.7. The van der Waals surface area contributed by atoms with Gasteiger partial charge in [0.2, 0.25) is 35.2 Å². The zero-order valence-electron chi connectivity index (χ0n) is 26.7. The zero-order chi connectivity index (χ0) is 32.9. The molecule has 3 aliphatic rings. The van der Waals surface area contributed by atoms with Crippen LogP contribution in [0.4, 0.5) is 0 Å². The van der Waals surface area contributed by atoms with Gasteiger partial charge in [0.15, 0.2) is 6.29 Å². The second-order valence-electron chi connectivity index (χ2n) is 13.8. The van der Waals surface area contributed by atoms with Gasteiger partial charge < -0.3 is 30.7 Å². The van der Waals surface area contributed by atoms with Crippen LogP contribution in [0.15, 0.2) is 30.3 Å². The summed E-state index contributed by atoms with van der Waals surface area (Å²) in [5, 5.41) is 11.1. The molecule has 3 aliphatic heterocycles. The van der Waals surface area contributed by atoms with Gasteiger partial charge in [0.1, 0.15) is 12.1 Å². The third-order valence-corrected chi connectivity index (χ3v) is 8.71. The highest BCUT2D eigenvalue weighted by Gasteiger charge is 2.47. The minimum atomic E-state index is -1.27. The first-order valence-electron chi connectivity index (χ1n) is 15.8. The number of benzene rings is 1. The molecule has 0 radical (unpaired) electrons. The van der Waals surface area contributed by atoms with Crippen molar-refractivity contribution in [2.45, 2.75) is 84.7 Å². The summed E-state index contributed by atoms with van der Waals surface area (Å²) in [7, 11) is 0. The molecule has 0 bridgehead atoms. The van der Waals surface area contributed by atoms with Gasteiger partial charge in [0, 0.05) is 23.9 Å². The van der Waals surface area contributed by atoms with Crippen LogP contribution in [0.2, 0.25) is 0 Å². The van der Waals surface area contributed by atoms with Crippen LogP contribution in [0.25, 0.3) is 0 Å². The van der Waals surface area contributed by atoms with Crippen molar-refractivity contribution in [1.29, 1.82) is 0 Å². The van der Waals surface area contributed by atoms with Gasteiger partial charge in [0.25, 0.3) is 0 Å². The number of hydrogen-bond donors (Lipinski definition) is 4. The van der Waals surface area contributed by atoms with Gasteiger partial charge in [-0.25, -0.2) is 0 Å². The number of amides is 4. The Balaban J connectivity index is 1.50. The highest BCUT2D eigenvalue weighted by molar-refractivity contribution is 6.45. The number of Topliss-reactive ketones (excluding diaryl/α,β-unsaturated/α-hetero) is 2. The summed E-state index contributed by atoms with van der Waals surface area (Å²) in [6.45, 7) is 10.4. The second kappa shape index (κ2) is 14.6. The number of ether oxygens (including phenoxy) is 2. The van der Waals surface area contributed by atoms with E-state index in [2.05, 4.69) is 21.3 Å². The highest BCUT2D eigenvalue weighted by atomic mass is 16.7. The molecule has 3 saturated heterocycles. The van der Waals surface area contributed by atoms with Crippen molar-refractivity contribution in [3.8, 4) is 0 Å². The molecule has 3 heterocycles. The van der Waals surface area contributed by atoms with E-state index in [4.69, 9.17) is 9.47 Å². The van der Waals surface area contributed by atoms with E-state index in [1.165, 1.54) is 12.1 Å². The number of ketones is 2. The maximum Gasteiger partial charge on any atom is 0.243 e. The fourth-order valence-corrected chi connectivity index (χ4v) is 6.17. The quantitative estimate of drug-likeness (QED) is 0.189. The van der Waals surface area contributed by atoms with Crippen molar-refractivity contribution in [1.82, 2.24) is 21.3 Å². The van der Waals surface area contributed by atoms with Crippen molar-refractivity contribution < 1.29 is 38.2 Å². The monoisotopic (exact) mass is 626 g/mol. The molecule has 1 aromatic carbocycles. The lowest BCUT2D eigenvalue weighted by atomic mass is 9.84. The van der Waals surface area contributed by atoms with Gasteiger partial charge in [-0.05, 0) is 37.0 Å². The average molecular weight is 627 g/mol. The maximum atomic E-state index is 13.8. The molecule has 4 rings (SSSR count). The number of fused-ring (bicyclic) bond motifs is 1. The molecule has 0 spiro atoms. The van der Waals surface area contributed by atoms with Crippen LogP contribution in [0, 0.1) is 29.1 Å². The van der Waals surface area contributed by atoms with Crippen molar-refractivity contribution in [3.05, 3.63) is 35.9 Å². The molecule has 45 heavy (non-hydrogen) atoms. The topological polar surface area (TPSA) is 169 Å². The third-order valence-electron chi connectivity index (χ3n) is 8.71. The normalized spacial score (nSPS) is 24.7. The van der Waals surface area contributed by atoms with E-state index in [-0.39, 0.29) is 48.7 Å². The maximum absolute atomic E-state index is 13.8. The van der Waals surface area contributed by atoms with Crippen molar-refractivity contribution in [2.75, 3.05) is 19.8 Å². The van der Waals surface area contributed by atoms with E-state index in [0.29, 0.717) is 26.0 Å². The van der Waals surface area contributed by atoms with Gasteiger partial charge in [-0.15, -0.1) is 0 Å². The Bertz CT molecular complexity index is 1280. The fourth-order valence-electron chi connectivity index (χ4n) is 6.17. The summed E-state index contributed by atoms with van der Waals surface area (Å²) in [4.78, 5) is 79.8. The lowest BCUT2D eigenvalue weighted by Crippen LogP contribution is -2.60. The molecule has 1 aromatic rings. The lowest BCUT2D eigenvalue weighted by Gasteiger charge is -2.33. The molecule has 7 atom stereocenters. The van der Waals surface area contributed by atoms with Gasteiger partial charge in [-0.2, -0.15) is 0 Å². The molecule has 0 saturated carbocycles. The Hall–Kier alpha value is -3.64. The fraction of sp³-hybridized carbons (Fsp3) is 0.636. The Morgan fingerprint density at radius 2 is 1.62 bits per heavy atom. The molecule has 246 valence electrons. The Morgan fingerprint density at radius 3 is 2.24 bits per heavy atom. The largest absolute Gasteiger partial charge is 0.356 e. The van der Waals surface area contributed by atoms with Crippen LogP contribution in [-0.2, 0) is 33.4 Å². The molecular formula is C33H46N4O8. The SMILES string of the molecule is CC(C)C[C@H](NC(=O)[C@@H](NC(=O)C1COC2OCCC21)C(C)(C)C)C(=O)NC(CC1CCNC1=O)C(=O)C(=O)c1ccccc1. The van der Waals surface area contributed by atoms with Crippen LogP contribution in [0.1, 0.15) is 70.7 Å². The summed E-state index contributed by atoms with van der Waals surface area (Å²) in [6.07, 6.45) is 0.935. The summed E-state index contributed by atoms with van der Waals surface area (Å²) >= 11 is 0. The molecule has 3 fully saturated rings. The van der Waals surface area contributed by atoms with Gasteiger partial charge in [-0.3, -0.25) is 28.8 Å². The van der Waals surface area contributed by atoms with Gasteiger partial charge in [0.05, 0.1) is 25.2 Å². The van der Waals surface area contributed by atoms with E-state index in [0.717, 1.165) is 0 Å². The summed E-state index contributed by atoms with van der Waals surface area (Å²) in [5.41, 5.74) is -0.531. The molecule has 5 unspecified atom stereocenters. The Labute approximate surface area is 264 Å². The Morgan fingerprint density at radius 1 is 0.933 bits per heavy atom. The van der Waals surface area contributed by atoms with Crippen LogP contribution in [0.3, 0.4) is 0 Å². The second-order valence-corrected chi connectivity index (χ2v) is 13.8.